The second kappa shape index (κ2) is 11.3. The summed E-state index contributed by atoms with van der Waals surface area (Å²) in [6.07, 6.45) is 0.799. The molecule has 0 unspecified atom stereocenters. The minimum absolute atomic E-state index is 0.0864. The molecule has 0 aliphatic rings. The van der Waals surface area contributed by atoms with Crippen molar-refractivity contribution in [3.63, 3.8) is 0 Å². The van der Waals surface area contributed by atoms with Crippen LogP contribution in [0.1, 0.15) is 31.7 Å². The number of benzene rings is 2. The Bertz CT molecular complexity index is 1020. The molecule has 6 nitrogen and oxygen atoms in total. The molecule has 1 amide bonds. The second-order valence-corrected chi connectivity index (χ2v) is 8.75. The molecule has 31 heavy (non-hydrogen) atoms. The number of carbonyl (C=O) groups is 1. The Morgan fingerprint density at radius 3 is 2.74 bits per heavy atom. The van der Waals surface area contributed by atoms with E-state index < -0.39 is 0 Å². The van der Waals surface area contributed by atoms with Crippen molar-refractivity contribution in [2.75, 3.05) is 24.8 Å². The van der Waals surface area contributed by atoms with E-state index in [0.29, 0.717) is 35.1 Å². The summed E-state index contributed by atoms with van der Waals surface area (Å²) >= 11 is 7.74. The van der Waals surface area contributed by atoms with Crippen LogP contribution in [0.4, 0.5) is 5.69 Å². The van der Waals surface area contributed by atoms with Crippen molar-refractivity contribution < 1.29 is 9.53 Å². The normalized spacial score (nSPS) is 11.1. The molecule has 2 aromatic carbocycles. The van der Waals surface area contributed by atoms with Gasteiger partial charge in [0, 0.05) is 31.5 Å². The van der Waals surface area contributed by atoms with E-state index in [1.807, 2.05) is 47.0 Å². The number of amides is 1. The Labute approximate surface area is 192 Å². The first kappa shape index (κ1) is 23.3. The molecule has 0 spiro atoms. The molecule has 0 fully saturated rings. The van der Waals surface area contributed by atoms with Crippen molar-refractivity contribution in [3.05, 3.63) is 59.1 Å². The maximum atomic E-state index is 12.5. The summed E-state index contributed by atoms with van der Waals surface area (Å²) in [7, 11) is 1.68. The van der Waals surface area contributed by atoms with Crippen molar-refractivity contribution in [2.24, 2.45) is 0 Å². The summed E-state index contributed by atoms with van der Waals surface area (Å²) in [4.78, 5) is 12.5. The molecule has 0 aliphatic heterocycles. The fourth-order valence-corrected chi connectivity index (χ4v) is 4.09. The first-order valence-electron chi connectivity index (χ1n) is 10.2. The molecule has 164 valence electrons. The fourth-order valence-electron chi connectivity index (χ4n) is 3.11. The van der Waals surface area contributed by atoms with Gasteiger partial charge in [0.2, 0.25) is 5.91 Å². The molecule has 1 N–H and O–H groups in total. The second-order valence-electron chi connectivity index (χ2n) is 7.40. The van der Waals surface area contributed by atoms with Crippen LogP contribution in [0.15, 0.2) is 53.7 Å². The van der Waals surface area contributed by atoms with Gasteiger partial charge in [-0.15, -0.1) is 10.2 Å². The van der Waals surface area contributed by atoms with Gasteiger partial charge in [-0.3, -0.25) is 4.79 Å². The van der Waals surface area contributed by atoms with Gasteiger partial charge in [0.25, 0.3) is 0 Å². The molecule has 0 aliphatic carbocycles. The van der Waals surface area contributed by atoms with Gasteiger partial charge in [0.05, 0.1) is 10.8 Å². The van der Waals surface area contributed by atoms with Crippen LogP contribution < -0.4 is 5.32 Å². The fraction of sp³-hybridized carbons (Fsp3) is 0.348. The number of carbonyl (C=O) groups excluding carboxylic acids is 1. The molecule has 3 aromatic rings. The monoisotopic (exact) mass is 458 g/mol. The summed E-state index contributed by atoms with van der Waals surface area (Å²) in [6.45, 7) is 5.55. The van der Waals surface area contributed by atoms with Crippen LogP contribution in [-0.2, 0) is 16.1 Å². The number of hydrogen-bond donors (Lipinski definition) is 1. The van der Waals surface area contributed by atoms with Gasteiger partial charge in [-0.25, -0.2) is 0 Å². The standard InChI is InChI=1S/C23H27ClN4O2S/c1-16(2)17-8-6-9-18(14-17)25-21(29)15-31-23-27-26-22(28(23)12-7-13-30-3)19-10-4-5-11-20(19)24/h4-6,8-11,14,16H,7,12-13,15H2,1-3H3,(H,25,29). The molecule has 0 radical (unpaired) electrons. The first-order chi connectivity index (χ1) is 15.0. The van der Waals surface area contributed by atoms with Crippen molar-refractivity contribution in [1.29, 1.82) is 0 Å². The van der Waals surface area contributed by atoms with Crippen LogP contribution in [-0.4, -0.2) is 40.1 Å². The van der Waals surface area contributed by atoms with Crippen LogP contribution in [0.2, 0.25) is 5.02 Å². The molecule has 3 rings (SSSR count). The van der Waals surface area contributed by atoms with E-state index >= 15 is 0 Å². The predicted molar refractivity (Wildman–Crippen MR) is 127 cm³/mol. The highest BCUT2D eigenvalue weighted by atomic mass is 35.5. The lowest BCUT2D eigenvalue weighted by atomic mass is 10.0. The van der Waals surface area contributed by atoms with Crippen LogP contribution in [0.3, 0.4) is 0 Å². The predicted octanol–water partition coefficient (Wildman–Crippen LogP) is 5.49. The number of rotatable bonds is 10. The third kappa shape index (κ3) is 6.32. The molecular formula is C23H27ClN4O2S. The Hall–Kier alpha value is -2.35. The van der Waals surface area contributed by atoms with E-state index in [2.05, 4.69) is 35.4 Å². The van der Waals surface area contributed by atoms with Crippen molar-refractivity contribution in [1.82, 2.24) is 14.8 Å². The van der Waals surface area contributed by atoms with Gasteiger partial charge in [-0.1, -0.05) is 61.5 Å². The summed E-state index contributed by atoms with van der Waals surface area (Å²) in [5, 5.41) is 12.9. The van der Waals surface area contributed by atoms with E-state index in [1.165, 1.54) is 17.3 Å². The average Bonchev–Trinajstić information content (AvgIpc) is 3.15. The van der Waals surface area contributed by atoms with Gasteiger partial charge >= 0.3 is 0 Å². The molecule has 0 saturated carbocycles. The Morgan fingerprint density at radius 2 is 2.00 bits per heavy atom. The Kier molecular flexibility index (Phi) is 8.51. The lowest BCUT2D eigenvalue weighted by molar-refractivity contribution is -0.113. The van der Waals surface area contributed by atoms with Crippen molar-refractivity contribution >= 4 is 35.0 Å². The third-order valence-electron chi connectivity index (χ3n) is 4.73. The average molecular weight is 459 g/mol. The zero-order chi connectivity index (χ0) is 22.2. The number of anilines is 1. The maximum absolute atomic E-state index is 12.5. The van der Waals surface area contributed by atoms with Crippen LogP contribution >= 0.6 is 23.4 Å². The van der Waals surface area contributed by atoms with E-state index in [-0.39, 0.29) is 11.7 Å². The molecule has 1 aromatic heterocycles. The highest BCUT2D eigenvalue weighted by Crippen LogP contribution is 2.29. The van der Waals surface area contributed by atoms with E-state index in [1.54, 1.807) is 7.11 Å². The van der Waals surface area contributed by atoms with Crippen LogP contribution in [0.5, 0.6) is 0 Å². The summed E-state index contributed by atoms with van der Waals surface area (Å²) in [6, 6.07) is 15.5. The molecular weight excluding hydrogens is 432 g/mol. The summed E-state index contributed by atoms with van der Waals surface area (Å²) in [5.74, 6) is 1.24. The van der Waals surface area contributed by atoms with E-state index in [0.717, 1.165) is 17.7 Å². The SMILES string of the molecule is COCCCn1c(SCC(=O)Nc2cccc(C(C)C)c2)nnc1-c1ccccc1Cl. The quantitative estimate of drug-likeness (QED) is 0.321. The number of nitrogens with one attached hydrogen (secondary N) is 1. The lowest BCUT2D eigenvalue weighted by Gasteiger charge is -2.11. The number of thioether (sulfide) groups is 1. The number of aromatic nitrogens is 3. The Balaban J connectivity index is 1.72. The van der Waals surface area contributed by atoms with E-state index in [9.17, 15) is 4.79 Å². The van der Waals surface area contributed by atoms with Crippen LogP contribution in [0, 0.1) is 0 Å². The highest BCUT2D eigenvalue weighted by Gasteiger charge is 2.17. The minimum atomic E-state index is -0.0864. The zero-order valence-electron chi connectivity index (χ0n) is 18.0. The van der Waals surface area contributed by atoms with Gasteiger partial charge in [0.1, 0.15) is 0 Å². The number of ether oxygens (including phenoxy) is 1. The summed E-state index contributed by atoms with van der Waals surface area (Å²) in [5.41, 5.74) is 2.80. The zero-order valence-corrected chi connectivity index (χ0v) is 19.5. The molecule has 1 heterocycles. The lowest BCUT2D eigenvalue weighted by Crippen LogP contribution is -2.15. The molecule has 0 atom stereocenters. The number of methoxy groups -OCH3 is 1. The largest absolute Gasteiger partial charge is 0.385 e. The first-order valence-corrected chi connectivity index (χ1v) is 11.6. The van der Waals surface area contributed by atoms with Gasteiger partial charge < -0.3 is 14.6 Å². The number of halogens is 1. The smallest absolute Gasteiger partial charge is 0.234 e. The van der Waals surface area contributed by atoms with Crippen LogP contribution in [0.25, 0.3) is 11.4 Å². The van der Waals surface area contributed by atoms with E-state index in [4.69, 9.17) is 16.3 Å². The maximum Gasteiger partial charge on any atom is 0.234 e. The van der Waals surface area contributed by atoms with Gasteiger partial charge in [0.15, 0.2) is 11.0 Å². The molecule has 0 saturated heterocycles. The topological polar surface area (TPSA) is 69.0 Å². The van der Waals surface area contributed by atoms with Gasteiger partial charge in [-0.05, 0) is 42.2 Å². The van der Waals surface area contributed by atoms with Crippen molar-refractivity contribution in [3.8, 4) is 11.4 Å². The molecule has 8 heteroatoms. The number of nitrogens with zero attached hydrogens (tertiary/aromatic N) is 3. The van der Waals surface area contributed by atoms with Crippen molar-refractivity contribution in [2.45, 2.75) is 37.9 Å². The summed E-state index contributed by atoms with van der Waals surface area (Å²) < 4.78 is 7.19. The Morgan fingerprint density at radius 1 is 1.19 bits per heavy atom. The highest BCUT2D eigenvalue weighted by molar-refractivity contribution is 7.99. The number of hydrogen-bond acceptors (Lipinski definition) is 5. The minimum Gasteiger partial charge on any atom is -0.385 e. The molecule has 0 bridgehead atoms. The third-order valence-corrected chi connectivity index (χ3v) is 6.03. The van der Waals surface area contributed by atoms with Gasteiger partial charge in [-0.2, -0.15) is 0 Å².